The molecule has 0 saturated carbocycles. The number of aromatic nitrogens is 2. The van der Waals surface area contributed by atoms with Crippen molar-refractivity contribution in [1.82, 2.24) is 9.55 Å². The van der Waals surface area contributed by atoms with Crippen molar-refractivity contribution in [3.63, 3.8) is 0 Å². The van der Waals surface area contributed by atoms with Gasteiger partial charge in [-0.3, -0.25) is 9.36 Å². The molecule has 1 unspecified atom stereocenters. The Morgan fingerprint density at radius 2 is 1.13 bits per heavy atom. The second-order valence-electron chi connectivity index (χ2n) is 10.6. The molecule has 7 rings (SSSR count). The Balaban J connectivity index is 1.55. The monoisotopic (exact) mass is 520 g/mol. The normalized spacial score (nSPS) is 16.6. The number of fused-ring (bicyclic) bond motifs is 5. The summed E-state index contributed by atoms with van der Waals surface area (Å²) in [5.74, 6) is 0.824. The van der Waals surface area contributed by atoms with Gasteiger partial charge in [-0.1, -0.05) is 127 Å². The molecule has 1 atom stereocenters. The van der Waals surface area contributed by atoms with Crippen LogP contribution in [0.1, 0.15) is 17.3 Å². The van der Waals surface area contributed by atoms with E-state index >= 15 is 0 Å². The summed E-state index contributed by atoms with van der Waals surface area (Å²) in [7, 11) is -2.72. The van der Waals surface area contributed by atoms with Crippen LogP contribution in [-0.4, -0.2) is 23.5 Å². The van der Waals surface area contributed by atoms with Gasteiger partial charge in [0.15, 0.2) is 0 Å². The summed E-state index contributed by atoms with van der Waals surface area (Å²) in [6.45, 7) is 2.16. The van der Waals surface area contributed by atoms with Gasteiger partial charge in [-0.15, -0.1) is 0 Å². The summed E-state index contributed by atoms with van der Waals surface area (Å²) in [5.41, 5.74) is 3.02. The molecule has 1 aliphatic rings. The summed E-state index contributed by atoms with van der Waals surface area (Å²) < 4.78 is 1.87. The van der Waals surface area contributed by atoms with Crippen molar-refractivity contribution in [1.29, 1.82) is 0 Å². The Bertz CT molecular complexity index is 1720. The Kier molecular flexibility index (Phi) is 5.46. The highest BCUT2D eigenvalue weighted by atomic mass is 28.3. The minimum Gasteiger partial charge on any atom is -0.273 e. The maximum Gasteiger partial charge on any atom is 0.242 e. The number of para-hydroxylation sites is 2. The van der Waals surface area contributed by atoms with E-state index in [9.17, 15) is 4.79 Å². The topological polar surface area (TPSA) is 34.9 Å². The quantitative estimate of drug-likeness (QED) is 0.213. The van der Waals surface area contributed by atoms with E-state index in [0.29, 0.717) is 6.04 Å². The van der Waals surface area contributed by atoms with Crippen LogP contribution in [0.4, 0.5) is 0 Å². The Morgan fingerprint density at radius 1 is 0.641 bits per heavy atom. The van der Waals surface area contributed by atoms with Gasteiger partial charge in [0, 0.05) is 5.56 Å². The number of carbonyl (C=O) groups excluding carboxylic acids is 1. The Labute approximate surface area is 229 Å². The van der Waals surface area contributed by atoms with E-state index in [4.69, 9.17) is 4.98 Å². The smallest absolute Gasteiger partial charge is 0.242 e. The standard InChI is InChI=1S/C35H28N2OSi/c1-35(30-22-12-11-21-29(30)33-36-31-23-13-14-24-32(31)37(33)34(35)38)25-39(26-15-5-2-6-16-26,27-17-7-3-8-18-27)28-19-9-4-10-20-28/h2-24H,25H2,1H3. The van der Waals surface area contributed by atoms with Crippen LogP contribution in [0.15, 0.2) is 140 Å². The van der Waals surface area contributed by atoms with Crippen molar-refractivity contribution in [2.75, 3.05) is 0 Å². The van der Waals surface area contributed by atoms with Crippen molar-refractivity contribution in [2.45, 2.75) is 18.4 Å². The third kappa shape index (κ3) is 3.49. The van der Waals surface area contributed by atoms with Gasteiger partial charge >= 0.3 is 0 Å². The van der Waals surface area contributed by atoms with Gasteiger partial charge in [0.1, 0.15) is 13.9 Å². The van der Waals surface area contributed by atoms with Crippen LogP contribution < -0.4 is 15.6 Å². The van der Waals surface area contributed by atoms with Crippen molar-refractivity contribution in [3.05, 3.63) is 145 Å². The molecule has 4 heteroatoms. The number of rotatable bonds is 5. The molecular weight excluding hydrogens is 492 g/mol. The van der Waals surface area contributed by atoms with Crippen LogP contribution in [0, 0.1) is 0 Å². The highest BCUT2D eigenvalue weighted by Gasteiger charge is 2.52. The fraction of sp³-hybridized carbons (Fsp3) is 0.0857. The first-order chi connectivity index (χ1) is 19.1. The molecule has 2 heterocycles. The fourth-order valence-corrected chi connectivity index (χ4v) is 11.9. The highest BCUT2D eigenvalue weighted by molar-refractivity contribution is 7.11. The molecule has 0 aliphatic carbocycles. The van der Waals surface area contributed by atoms with Crippen molar-refractivity contribution < 1.29 is 4.79 Å². The zero-order valence-electron chi connectivity index (χ0n) is 21.8. The number of hydrogen-bond donors (Lipinski definition) is 0. The van der Waals surface area contributed by atoms with Gasteiger partial charge in [-0.25, -0.2) is 4.98 Å². The van der Waals surface area contributed by atoms with E-state index < -0.39 is 13.5 Å². The maximum atomic E-state index is 14.9. The highest BCUT2D eigenvalue weighted by Crippen LogP contribution is 2.45. The molecule has 0 radical (unpaired) electrons. The summed E-state index contributed by atoms with van der Waals surface area (Å²) in [6.07, 6.45) is 0. The molecule has 0 bridgehead atoms. The summed E-state index contributed by atoms with van der Waals surface area (Å²) in [4.78, 5) is 19.8. The van der Waals surface area contributed by atoms with Crippen LogP contribution in [0.25, 0.3) is 22.4 Å². The lowest BCUT2D eigenvalue weighted by atomic mass is 9.78. The molecule has 188 valence electrons. The molecule has 0 spiro atoms. The molecule has 3 nitrogen and oxygen atoms in total. The molecule has 1 aromatic heterocycles. The van der Waals surface area contributed by atoms with Crippen molar-refractivity contribution in [3.8, 4) is 11.4 Å². The number of nitrogens with zero attached hydrogens (tertiary/aromatic N) is 2. The molecule has 39 heavy (non-hydrogen) atoms. The Morgan fingerprint density at radius 3 is 1.72 bits per heavy atom. The lowest BCUT2D eigenvalue weighted by molar-refractivity contribution is 0.0823. The first-order valence-electron chi connectivity index (χ1n) is 13.4. The zero-order valence-corrected chi connectivity index (χ0v) is 22.8. The number of carbonyl (C=O) groups is 1. The molecular formula is C35H28N2OSi. The number of imidazole rings is 1. The summed E-state index contributed by atoms with van der Waals surface area (Å²) in [6, 6.07) is 49.6. The maximum absolute atomic E-state index is 14.9. The second-order valence-corrected chi connectivity index (χ2v) is 14.5. The lowest BCUT2D eigenvalue weighted by Gasteiger charge is -2.43. The minimum atomic E-state index is -2.72. The fourth-order valence-electron chi connectivity index (χ4n) is 6.61. The van der Waals surface area contributed by atoms with E-state index in [1.54, 1.807) is 0 Å². The molecule has 0 N–H and O–H groups in total. The molecule has 0 saturated heterocycles. The third-order valence-corrected chi connectivity index (χ3v) is 13.6. The Hall–Kier alpha value is -4.54. The van der Waals surface area contributed by atoms with E-state index in [1.807, 2.05) is 28.8 Å². The molecule has 5 aromatic carbocycles. The van der Waals surface area contributed by atoms with Gasteiger partial charge in [-0.2, -0.15) is 0 Å². The van der Waals surface area contributed by atoms with E-state index in [1.165, 1.54) is 15.6 Å². The van der Waals surface area contributed by atoms with Crippen LogP contribution in [0.3, 0.4) is 0 Å². The predicted molar refractivity (Wildman–Crippen MR) is 162 cm³/mol. The van der Waals surface area contributed by atoms with E-state index in [0.717, 1.165) is 28.0 Å². The average Bonchev–Trinajstić information content (AvgIpc) is 3.40. The van der Waals surface area contributed by atoms with Gasteiger partial charge in [0.2, 0.25) is 5.91 Å². The van der Waals surface area contributed by atoms with Gasteiger partial charge in [0.05, 0.1) is 16.4 Å². The second kappa shape index (κ2) is 9.04. The third-order valence-electron chi connectivity index (χ3n) is 8.42. The van der Waals surface area contributed by atoms with Gasteiger partial charge in [0.25, 0.3) is 0 Å². The lowest BCUT2D eigenvalue weighted by Crippen LogP contribution is -2.70. The van der Waals surface area contributed by atoms with Crippen LogP contribution in [0.5, 0.6) is 0 Å². The molecule has 6 aromatic rings. The largest absolute Gasteiger partial charge is 0.273 e. The van der Waals surface area contributed by atoms with Crippen molar-refractivity contribution in [2.24, 2.45) is 0 Å². The molecule has 0 fully saturated rings. The minimum absolute atomic E-state index is 0.0876. The first kappa shape index (κ1) is 23.6. The predicted octanol–water partition coefficient (Wildman–Crippen LogP) is 5.79. The molecule has 1 aliphatic heterocycles. The SMILES string of the molecule is CC1(C[Si](c2ccccc2)(c2ccccc2)c2ccccc2)C(=O)n2c(nc3ccccc32)-c2ccccc21. The first-order valence-corrected chi connectivity index (χ1v) is 15.6. The van der Waals surface area contributed by atoms with Crippen LogP contribution in [-0.2, 0) is 5.41 Å². The van der Waals surface area contributed by atoms with E-state index in [-0.39, 0.29) is 5.91 Å². The van der Waals surface area contributed by atoms with Crippen molar-refractivity contribution >= 4 is 40.6 Å². The zero-order chi connectivity index (χ0) is 26.5. The van der Waals surface area contributed by atoms with Crippen LogP contribution >= 0.6 is 0 Å². The molecule has 0 amide bonds. The van der Waals surface area contributed by atoms with Crippen LogP contribution in [0.2, 0.25) is 6.04 Å². The van der Waals surface area contributed by atoms with Gasteiger partial charge in [-0.05, 0) is 46.2 Å². The summed E-state index contributed by atoms with van der Waals surface area (Å²) in [5, 5.41) is 3.90. The van der Waals surface area contributed by atoms with Gasteiger partial charge < -0.3 is 0 Å². The number of hydrogen-bond acceptors (Lipinski definition) is 2. The average molecular weight is 521 g/mol. The summed E-state index contributed by atoms with van der Waals surface area (Å²) >= 11 is 0. The van der Waals surface area contributed by atoms with E-state index in [2.05, 4.69) is 122 Å². The number of benzene rings is 5.